The summed E-state index contributed by atoms with van der Waals surface area (Å²) >= 11 is 0. The highest BCUT2D eigenvalue weighted by Gasteiger charge is 2.38. The van der Waals surface area contributed by atoms with E-state index in [1.807, 2.05) is 12.1 Å². The average molecular weight is 493 g/mol. The molecule has 2 aliphatic heterocycles. The van der Waals surface area contributed by atoms with Crippen molar-refractivity contribution in [2.24, 2.45) is 0 Å². The summed E-state index contributed by atoms with van der Waals surface area (Å²) in [6.45, 7) is 5.14. The van der Waals surface area contributed by atoms with Crippen LogP contribution < -0.4 is 10.3 Å². The van der Waals surface area contributed by atoms with Gasteiger partial charge in [0, 0.05) is 67.5 Å². The lowest BCUT2D eigenvalue weighted by atomic mass is 10.1. The third kappa shape index (κ3) is 4.17. The molecule has 0 spiro atoms. The van der Waals surface area contributed by atoms with Gasteiger partial charge in [-0.25, -0.2) is 4.79 Å². The van der Waals surface area contributed by atoms with Crippen LogP contribution in [0.3, 0.4) is 0 Å². The largest absolute Gasteiger partial charge is 0.496 e. The van der Waals surface area contributed by atoms with Crippen LogP contribution in [-0.2, 0) is 29.0 Å². The fourth-order valence-electron chi connectivity index (χ4n) is 5.64. The first-order valence-corrected chi connectivity index (χ1v) is 12.4. The molecule has 5 rings (SSSR count). The molecule has 1 fully saturated rings. The number of amides is 1. The van der Waals surface area contributed by atoms with Gasteiger partial charge in [-0.1, -0.05) is 18.2 Å². The Labute approximate surface area is 209 Å². The van der Waals surface area contributed by atoms with Gasteiger partial charge in [-0.15, -0.1) is 0 Å². The quantitative estimate of drug-likeness (QED) is 0.550. The number of carbonyl (C=O) groups excluding carboxylic acids is 2. The van der Waals surface area contributed by atoms with E-state index >= 15 is 0 Å². The van der Waals surface area contributed by atoms with Crippen LogP contribution in [0, 0.1) is 6.92 Å². The van der Waals surface area contributed by atoms with Gasteiger partial charge in [-0.3, -0.25) is 14.5 Å². The number of benzene rings is 1. The van der Waals surface area contributed by atoms with E-state index in [0.29, 0.717) is 50.3 Å². The first-order valence-electron chi connectivity index (χ1n) is 12.4. The van der Waals surface area contributed by atoms with E-state index in [4.69, 9.17) is 9.47 Å². The molecular weight excluding hydrogens is 460 g/mol. The Morgan fingerprint density at radius 2 is 1.92 bits per heavy atom. The average Bonchev–Trinajstić information content (AvgIpc) is 3.43. The van der Waals surface area contributed by atoms with Crippen molar-refractivity contribution in [3.8, 4) is 5.75 Å². The Hall–Kier alpha value is -3.59. The van der Waals surface area contributed by atoms with Crippen molar-refractivity contribution in [2.75, 3.05) is 33.9 Å². The Bertz CT molecular complexity index is 1370. The van der Waals surface area contributed by atoms with Crippen LogP contribution in [-0.4, -0.2) is 71.1 Å². The number of ether oxygens (including phenoxy) is 2. The number of H-pyrrole nitrogens is 1. The van der Waals surface area contributed by atoms with Crippen LogP contribution in [0.5, 0.6) is 5.75 Å². The zero-order valence-corrected chi connectivity index (χ0v) is 21.0. The molecule has 4 heterocycles. The van der Waals surface area contributed by atoms with Crippen LogP contribution >= 0.6 is 0 Å². The van der Waals surface area contributed by atoms with E-state index in [0.717, 1.165) is 24.2 Å². The number of aromatic amines is 1. The lowest BCUT2D eigenvalue weighted by molar-refractivity contribution is -0.145. The molecule has 1 aromatic carbocycles. The molecule has 9 nitrogen and oxygen atoms in total. The van der Waals surface area contributed by atoms with Crippen molar-refractivity contribution >= 4 is 22.8 Å². The number of nitrogens with one attached hydrogen (secondary N) is 1. The third-order valence-electron chi connectivity index (χ3n) is 7.52. The highest BCUT2D eigenvalue weighted by atomic mass is 16.5. The van der Waals surface area contributed by atoms with E-state index in [1.54, 1.807) is 9.47 Å². The van der Waals surface area contributed by atoms with Crippen molar-refractivity contribution in [2.45, 2.75) is 45.3 Å². The number of para-hydroxylation sites is 1. The number of aromatic nitrogens is 2. The Kier molecular flexibility index (Phi) is 6.57. The zero-order chi connectivity index (χ0) is 25.4. The number of carbonyl (C=O) groups is 2. The number of hydrogen-bond acceptors (Lipinski definition) is 6. The summed E-state index contributed by atoms with van der Waals surface area (Å²) in [4.78, 5) is 46.5. The number of pyridine rings is 1. The predicted octanol–water partition coefficient (Wildman–Crippen LogP) is 2.48. The fraction of sp³-hybridized carbons (Fsp3) is 0.444. The molecule has 0 radical (unpaired) electrons. The van der Waals surface area contributed by atoms with E-state index in [2.05, 4.69) is 28.9 Å². The molecule has 0 bridgehead atoms. The van der Waals surface area contributed by atoms with Crippen molar-refractivity contribution in [1.82, 2.24) is 19.4 Å². The molecule has 0 unspecified atom stereocenters. The number of esters is 1. The molecule has 2 aliphatic rings. The lowest BCUT2D eigenvalue weighted by Crippen LogP contribution is -2.42. The van der Waals surface area contributed by atoms with Crippen LogP contribution in [0.1, 0.15) is 40.2 Å². The molecule has 9 heteroatoms. The first kappa shape index (κ1) is 24.1. The Morgan fingerprint density at radius 3 is 2.69 bits per heavy atom. The molecule has 1 amide bonds. The highest BCUT2D eigenvalue weighted by molar-refractivity contribution is 6.00. The summed E-state index contributed by atoms with van der Waals surface area (Å²) in [6.07, 6.45) is 1.81. The van der Waals surface area contributed by atoms with Crippen molar-refractivity contribution in [3.05, 3.63) is 63.2 Å². The number of likely N-dealkylation sites (tertiary alicyclic amines) is 1. The second-order valence-electron chi connectivity index (χ2n) is 9.50. The van der Waals surface area contributed by atoms with Crippen molar-refractivity contribution in [1.29, 1.82) is 0 Å². The molecule has 1 atom stereocenters. The zero-order valence-electron chi connectivity index (χ0n) is 21.0. The Morgan fingerprint density at radius 1 is 1.11 bits per heavy atom. The van der Waals surface area contributed by atoms with E-state index in [1.165, 1.54) is 31.2 Å². The minimum Gasteiger partial charge on any atom is -0.496 e. The standard InChI is InChI=1S/C27H32N4O5/c1-17-19(18-7-4-5-8-20(18)28-17)16-29-12-10-21-25(23(35-2)15-24(32)30(21)14-13-29)26(33)31-11-6-9-22(31)27(34)36-3/h4-5,7-8,15,22,28H,6,9-14,16H2,1-3H3/t22-/m0/s1. The van der Waals surface area contributed by atoms with E-state index in [9.17, 15) is 14.4 Å². The molecule has 190 valence electrons. The number of methoxy groups -OCH3 is 2. The monoisotopic (exact) mass is 492 g/mol. The van der Waals surface area contributed by atoms with E-state index in [-0.39, 0.29) is 17.2 Å². The van der Waals surface area contributed by atoms with Crippen LogP contribution in [0.25, 0.3) is 10.9 Å². The van der Waals surface area contributed by atoms with Crippen molar-refractivity contribution < 1.29 is 19.1 Å². The predicted molar refractivity (Wildman–Crippen MR) is 135 cm³/mol. The fourth-order valence-corrected chi connectivity index (χ4v) is 5.64. The topological polar surface area (TPSA) is 96.9 Å². The van der Waals surface area contributed by atoms with Crippen LogP contribution in [0.2, 0.25) is 0 Å². The second-order valence-corrected chi connectivity index (χ2v) is 9.50. The minimum absolute atomic E-state index is 0.186. The first-order chi connectivity index (χ1) is 17.4. The van der Waals surface area contributed by atoms with Gasteiger partial charge < -0.3 is 23.9 Å². The second kappa shape index (κ2) is 9.81. The summed E-state index contributed by atoms with van der Waals surface area (Å²) in [7, 11) is 2.80. The molecule has 1 N–H and O–H groups in total. The summed E-state index contributed by atoms with van der Waals surface area (Å²) < 4.78 is 12.1. The maximum atomic E-state index is 13.8. The Balaban J connectivity index is 1.46. The van der Waals surface area contributed by atoms with Gasteiger partial charge in [-0.2, -0.15) is 0 Å². The molecule has 0 saturated carbocycles. The van der Waals surface area contributed by atoms with E-state index < -0.39 is 12.0 Å². The maximum absolute atomic E-state index is 13.8. The molecule has 3 aromatic rings. The number of nitrogens with zero attached hydrogens (tertiary/aromatic N) is 3. The van der Waals surface area contributed by atoms with Crippen molar-refractivity contribution in [3.63, 3.8) is 0 Å². The van der Waals surface area contributed by atoms with Crippen LogP contribution in [0.15, 0.2) is 35.1 Å². The summed E-state index contributed by atoms with van der Waals surface area (Å²) in [5, 5.41) is 1.20. The third-order valence-corrected chi connectivity index (χ3v) is 7.52. The van der Waals surface area contributed by atoms with Gasteiger partial charge in [0.15, 0.2) is 0 Å². The van der Waals surface area contributed by atoms with Gasteiger partial charge in [-0.05, 0) is 31.4 Å². The lowest BCUT2D eigenvalue weighted by Gasteiger charge is -2.25. The summed E-state index contributed by atoms with van der Waals surface area (Å²) in [6, 6.07) is 9.04. The highest BCUT2D eigenvalue weighted by Crippen LogP contribution is 2.29. The number of hydrogen-bond donors (Lipinski definition) is 1. The number of fused-ring (bicyclic) bond motifs is 2. The normalized spacial score (nSPS) is 18.2. The molecule has 36 heavy (non-hydrogen) atoms. The molecule has 1 saturated heterocycles. The molecule has 0 aliphatic carbocycles. The smallest absolute Gasteiger partial charge is 0.328 e. The minimum atomic E-state index is -0.619. The van der Waals surface area contributed by atoms with Gasteiger partial charge >= 0.3 is 5.97 Å². The molecular formula is C27H32N4O5. The van der Waals surface area contributed by atoms with Gasteiger partial charge in [0.25, 0.3) is 11.5 Å². The number of aryl methyl sites for hydroxylation is 1. The summed E-state index contributed by atoms with van der Waals surface area (Å²) in [5.74, 6) is -0.448. The van der Waals surface area contributed by atoms with Gasteiger partial charge in [0.1, 0.15) is 17.4 Å². The number of rotatable bonds is 5. The maximum Gasteiger partial charge on any atom is 0.328 e. The molecule has 2 aromatic heterocycles. The summed E-state index contributed by atoms with van der Waals surface area (Å²) in [5.41, 5.74) is 4.35. The van der Waals surface area contributed by atoms with Gasteiger partial charge in [0.05, 0.1) is 14.2 Å². The van der Waals surface area contributed by atoms with Gasteiger partial charge in [0.2, 0.25) is 0 Å². The SMILES string of the molecule is COC(=O)[C@@H]1CCCN1C(=O)c1c(OC)cc(=O)n2c1CCN(Cc1c(C)[nH]c3ccccc13)CC2. The van der Waals surface area contributed by atoms with Crippen LogP contribution in [0.4, 0.5) is 0 Å².